The van der Waals surface area contributed by atoms with Crippen LogP contribution in [0, 0.1) is 0 Å². The Kier molecular flexibility index (Phi) is 9.28. The molecule has 0 unspecified atom stereocenters. The number of anilines is 1. The molecule has 0 spiro atoms. The van der Waals surface area contributed by atoms with Crippen LogP contribution in [-0.2, 0) is 18.7 Å². The van der Waals surface area contributed by atoms with E-state index in [9.17, 15) is 9.59 Å². The molecular formula is C33H41N5O5Si. The molecule has 5 rings (SSSR count). The number of benzene rings is 2. The quantitative estimate of drug-likeness (QED) is 0.168. The van der Waals surface area contributed by atoms with Crippen molar-refractivity contribution in [2.75, 3.05) is 12.4 Å². The molecule has 1 saturated carbocycles. The fraction of sp³-hybridized carbons (Fsp3) is 0.424. The normalized spacial score (nSPS) is 19.8. The minimum Gasteiger partial charge on any atom is -0.460 e. The predicted molar refractivity (Wildman–Crippen MR) is 171 cm³/mol. The van der Waals surface area contributed by atoms with Crippen molar-refractivity contribution in [3.63, 3.8) is 0 Å². The fourth-order valence-corrected chi connectivity index (χ4v) is 6.73. The molecule has 0 aliphatic heterocycles. The lowest BCUT2D eigenvalue weighted by Crippen LogP contribution is -2.49. The Morgan fingerprint density at radius 1 is 0.977 bits per heavy atom. The maximum Gasteiger partial charge on any atom is 0.340 e. The molecule has 0 bridgehead atoms. The second-order valence-electron chi connectivity index (χ2n) is 12.7. The van der Waals surface area contributed by atoms with Crippen molar-refractivity contribution in [3.8, 4) is 0 Å². The first-order valence-corrected chi connectivity index (χ1v) is 17.9. The molecule has 2 aromatic heterocycles. The molecule has 2 heterocycles. The Hall–Kier alpha value is -3.93. The second kappa shape index (κ2) is 13.0. The summed E-state index contributed by atoms with van der Waals surface area (Å²) in [5.74, 6) is -0.335. The Morgan fingerprint density at radius 2 is 1.66 bits per heavy atom. The van der Waals surface area contributed by atoms with E-state index in [2.05, 4.69) is 54.1 Å². The van der Waals surface area contributed by atoms with Gasteiger partial charge < -0.3 is 23.8 Å². The van der Waals surface area contributed by atoms with Gasteiger partial charge in [-0.3, -0.25) is 4.79 Å². The largest absolute Gasteiger partial charge is 0.460 e. The number of methoxy groups -OCH3 is 1. The monoisotopic (exact) mass is 615 g/mol. The molecule has 44 heavy (non-hydrogen) atoms. The number of hydrogen-bond acceptors (Lipinski definition) is 8. The zero-order valence-corrected chi connectivity index (χ0v) is 27.2. The number of carbonyl (C=O) groups excluding carboxylic acids is 2. The summed E-state index contributed by atoms with van der Waals surface area (Å²) in [6.07, 6.45) is 3.64. The van der Waals surface area contributed by atoms with Crippen molar-refractivity contribution in [2.24, 2.45) is 0 Å². The predicted octanol–water partition coefficient (Wildman–Crippen LogP) is 6.49. The number of fused-ring (bicyclic) bond motifs is 1. The number of carbonyl (C=O) groups is 2. The third-order valence-electron chi connectivity index (χ3n) is 8.78. The number of nitrogens with zero attached hydrogens (tertiary/aromatic N) is 4. The zero-order valence-electron chi connectivity index (χ0n) is 26.2. The topological polar surface area (TPSA) is 117 Å². The first-order valence-electron chi connectivity index (χ1n) is 15.0. The van der Waals surface area contributed by atoms with Gasteiger partial charge >= 0.3 is 5.97 Å². The number of aromatic nitrogens is 4. The molecule has 1 N–H and O–H groups in total. The summed E-state index contributed by atoms with van der Waals surface area (Å²) in [7, 11) is -0.708. The average Bonchev–Trinajstić information content (AvgIpc) is 3.43. The smallest absolute Gasteiger partial charge is 0.340 e. The molecule has 4 aromatic rings. The van der Waals surface area contributed by atoms with Crippen molar-refractivity contribution in [3.05, 3.63) is 84.4 Å². The summed E-state index contributed by atoms with van der Waals surface area (Å²) >= 11 is 0. The van der Waals surface area contributed by atoms with Crippen LogP contribution in [0.4, 0.5) is 5.82 Å². The number of imidazole rings is 1. The summed E-state index contributed by atoms with van der Waals surface area (Å²) in [5.41, 5.74) is 2.39. The van der Waals surface area contributed by atoms with E-state index >= 15 is 0 Å². The first-order chi connectivity index (χ1) is 21.0. The average molecular weight is 616 g/mol. The molecule has 0 radical (unpaired) electrons. The van der Waals surface area contributed by atoms with Crippen LogP contribution in [0.25, 0.3) is 11.2 Å². The van der Waals surface area contributed by atoms with Gasteiger partial charge in [-0.1, -0.05) is 69.3 Å². The molecule has 4 atom stereocenters. The molecular weight excluding hydrogens is 574 g/mol. The van der Waals surface area contributed by atoms with Crippen LogP contribution >= 0.6 is 0 Å². The van der Waals surface area contributed by atoms with Crippen LogP contribution in [-0.4, -0.2) is 59.0 Å². The number of rotatable bonds is 9. The molecule has 10 nitrogen and oxygen atoms in total. The Bertz CT molecular complexity index is 1590. The fourth-order valence-electron chi connectivity index (χ4n) is 5.36. The number of amides is 1. The highest BCUT2D eigenvalue weighted by Gasteiger charge is 2.44. The van der Waals surface area contributed by atoms with E-state index in [0.29, 0.717) is 41.8 Å². The van der Waals surface area contributed by atoms with E-state index in [-0.39, 0.29) is 29.2 Å². The van der Waals surface area contributed by atoms with Crippen molar-refractivity contribution in [1.82, 2.24) is 19.5 Å². The second-order valence-corrected chi connectivity index (χ2v) is 17.5. The van der Waals surface area contributed by atoms with Gasteiger partial charge in [0.2, 0.25) is 0 Å². The van der Waals surface area contributed by atoms with E-state index in [1.165, 1.54) is 13.4 Å². The van der Waals surface area contributed by atoms with Gasteiger partial charge in [-0.05, 0) is 48.7 Å². The number of nitrogens with one attached hydrogen (secondary N) is 1. The lowest BCUT2D eigenvalue weighted by molar-refractivity contribution is -0.165. The first kappa shape index (κ1) is 31.5. The van der Waals surface area contributed by atoms with Crippen molar-refractivity contribution in [1.29, 1.82) is 0 Å². The molecule has 1 fully saturated rings. The summed E-state index contributed by atoms with van der Waals surface area (Å²) < 4.78 is 20.6. The third kappa shape index (κ3) is 6.74. The van der Waals surface area contributed by atoms with Gasteiger partial charge in [-0.2, -0.15) is 0 Å². The van der Waals surface area contributed by atoms with Gasteiger partial charge in [0.1, 0.15) is 12.4 Å². The number of esters is 1. The van der Waals surface area contributed by atoms with E-state index in [4.69, 9.17) is 13.9 Å². The van der Waals surface area contributed by atoms with Gasteiger partial charge in [0.15, 0.2) is 31.4 Å². The van der Waals surface area contributed by atoms with E-state index in [1.54, 1.807) is 18.5 Å². The molecule has 11 heteroatoms. The van der Waals surface area contributed by atoms with Crippen LogP contribution in [0.2, 0.25) is 18.1 Å². The number of ether oxygens (including phenoxy) is 2. The van der Waals surface area contributed by atoms with Crippen LogP contribution in [0.15, 0.2) is 73.3 Å². The Morgan fingerprint density at radius 3 is 2.32 bits per heavy atom. The summed E-state index contributed by atoms with van der Waals surface area (Å²) in [4.78, 5) is 39.7. The van der Waals surface area contributed by atoms with Crippen LogP contribution in [0.1, 0.15) is 68.1 Å². The van der Waals surface area contributed by atoms with E-state index in [1.807, 2.05) is 53.1 Å². The Labute approximate surface area is 259 Å². The van der Waals surface area contributed by atoms with E-state index < -0.39 is 20.4 Å². The molecule has 232 valence electrons. The number of hydrogen-bond donors (Lipinski definition) is 1. The van der Waals surface area contributed by atoms with E-state index in [0.717, 1.165) is 5.56 Å². The maximum absolute atomic E-state index is 13.3. The van der Waals surface area contributed by atoms with Crippen LogP contribution < -0.4 is 5.32 Å². The van der Waals surface area contributed by atoms with Gasteiger partial charge in [0.25, 0.3) is 5.91 Å². The molecule has 0 saturated heterocycles. The molecule has 2 aromatic carbocycles. The lowest BCUT2D eigenvalue weighted by Gasteiger charge is -2.44. The van der Waals surface area contributed by atoms with Gasteiger partial charge in [-0.15, -0.1) is 0 Å². The summed E-state index contributed by atoms with van der Waals surface area (Å²) in [6, 6.07) is 18.2. The van der Waals surface area contributed by atoms with Crippen molar-refractivity contribution in [2.45, 2.75) is 82.5 Å². The van der Waals surface area contributed by atoms with Crippen molar-refractivity contribution < 1.29 is 23.5 Å². The van der Waals surface area contributed by atoms with Gasteiger partial charge in [0, 0.05) is 19.1 Å². The summed E-state index contributed by atoms with van der Waals surface area (Å²) in [5, 5.41) is 2.86. The Balaban J connectivity index is 1.40. The van der Waals surface area contributed by atoms with Crippen LogP contribution in [0.3, 0.4) is 0 Å². The molecule has 1 aliphatic rings. The lowest BCUT2D eigenvalue weighted by atomic mass is 9.90. The SMILES string of the molecule is CO[C@H](C(=O)O[C@H]1CC[C@H](n2cnc3c(NC(=O)c4ccccc4)ncnc32)[C@@H](O[Si](C)(C)C(C)(C)C)C1)c1ccccc1. The highest BCUT2D eigenvalue weighted by Crippen LogP contribution is 2.42. The molecule has 1 amide bonds. The minimum atomic E-state index is -2.22. The highest BCUT2D eigenvalue weighted by molar-refractivity contribution is 6.74. The summed E-state index contributed by atoms with van der Waals surface area (Å²) in [6.45, 7) is 11.1. The standard InChI is InChI=1S/C33H41N5O5Si/c1-33(2,3)44(5,6)43-26-19-24(42-32(40)28(41-4)22-13-9-7-10-14-22)17-18-25(26)38-21-36-27-29(34-20-35-30(27)38)37-31(39)23-15-11-8-12-16-23/h7-16,20-21,24-26,28H,17-19H2,1-6H3,(H,34,35,37,39)/t24-,25-,26-,28-/m0/s1. The zero-order chi connectivity index (χ0) is 31.5. The van der Waals surface area contributed by atoms with Gasteiger partial charge in [0.05, 0.1) is 18.5 Å². The highest BCUT2D eigenvalue weighted by atomic mass is 28.4. The minimum absolute atomic E-state index is 0.0241. The maximum atomic E-state index is 13.3. The van der Waals surface area contributed by atoms with Crippen molar-refractivity contribution >= 4 is 37.2 Å². The third-order valence-corrected chi connectivity index (χ3v) is 13.3. The molecule has 1 aliphatic carbocycles. The van der Waals surface area contributed by atoms with Crippen LogP contribution in [0.5, 0.6) is 0 Å². The van der Waals surface area contributed by atoms with Gasteiger partial charge in [-0.25, -0.2) is 19.7 Å².